The summed E-state index contributed by atoms with van der Waals surface area (Å²) in [6, 6.07) is 4.80. The third-order valence-corrected chi connectivity index (χ3v) is 2.36. The first-order valence-corrected chi connectivity index (χ1v) is 5.02. The first-order valence-electron chi connectivity index (χ1n) is 5.02. The largest absolute Gasteiger partial charge is 0.483 e. The maximum Gasteiger partial charge on any atom is 0.165 e. The Kier molecular flexibility index (Phi) is 2.90. The van der Waals surface area contributed by atoms with E-state index in [-0.39, 0.29) is 18.2 Å². The summed E-state index contributed by atoms with van der Waals surface area (Å²) in [5.74, 6) is 0.684. The lowest BCUT2D eigenvalue weighted by Crippen LogP contribution is -2.04. The molecule has 4 heteroatoms. The normalized spacial score (nSPS) is 10.4. The number of ether oxygens (including phenoxy) is 1. The summed E-state index contributed by atoms with van der Waals surface area (Å²) in [5.41, 5.74) is 0.969. The number of benzene rings is 1. The molecule has 16 heavy (non-hydrogen) atoms. The van der Waals surface area contributed by atoms with Gasteiger partial charge in [-0.2, -0.15) is 0 Å². The maximum absolute atomic E-state index is 13.3. The lowest BCUT2D eigenvalue weighted by molar-refractivity contribution is 0.277. The highest BCUT2D eigenvalue weighted by atomic mass is 19.1. The summed E-state index contributed by atoms with van der Waals surface area (Å²) in [4.78, 5) is 4.10. The van der Waals surface area contributed by atoms with Gasteiger partial charge in [-0.1, -0.05) is 6.07 Å². The highest BCUT2D eigenvalue weighted by Gasteiger charge is 2.05. The fourth-order valence-electron chi connectivity index (χ4n) is 1.40. The molecule has 1 aromatic heterocycles. The Balaban J connectivity index is 2.10. The fraction of sp³-hybridized carbons (Fsp3) is 0.250. The van der Waals surface area contributed by atoms with E-state index in [9.17, 15) is 4.39 Å². The second-order valence-corrected chi connectivity index (χ2v) is 3.68. The minimum atomic E-state index is -0.347. The van der Waals surface area contributed by atoms with Crippen molar-refractivity contribution in [3.63, 3.8) is 0 Å². The Labute approximate surface area is 93.5 Å². The van der Waals surface area contributed by atoms with Crippen molar-refractivity contribution in [1.82, 2.24) is 9.55 Å². The van der Waals surface area contributed by atoms with Crippen molar-refractivity contribution in [3.8, 4) is 5.75 Å². The molecule has 2 aromatic rings. The molecule has 0 radical (unpaired) electrons. The van der Waals surface area contributed by atoms with Gasteiger partial charge in [0.1, 0.15) is 12.4 Å². The average Bonchev–Trinajstić information content (AvgIpc) is 2.66. The van der Waals surface area contributed by atoms with Gasteiger partial charge in [0.25, 0.3) is 0 Å². The van der Waals surface area contributed by atoms with Gasteiger partial charge in [0.05, 0.1) is 0 Å². The van der Waals surface area contributed by atoms with Crippen molar-refractivity contribution >= 4 is 0 Å². The number of rotatable bonds is 3. The Bertz CT molecular complexity index is 494. The van der Waals surface area contributed by atoms with Crippen molar-refractivity contribution in [1.29, 1.82) is 0 Å². The predicted molar refractivity (Wildman–Crippen MR) is 58.7 cm³/mol. The third kappa shape index (κ3) is 2.21. The van der Waals surface area contributed by atoms with E-state index in [1.165, 1.54) is 6.07 Å². The fourth-order valence-corrected chi connectivity index (χ4v) is 1.40. The molecule has 1 heterocycles. The van der Waals surface area contributed by atoms with Crippen LogP contribution in [0.3, 0.4) is 0 Å². The van der Waals surface area contributed by atoms with E-state index >= 15 is 0 Å². The van der Waals surface area contributed by atoms with Gasteiger partial charge in [0, 0.05) is 19.4 Å². The Hall–Kier alpha value is -1.84. The molecule has 84 valence electrons. The number of nitrogens with zero attached hydrogens (tertiary/aromatic N) is 2. The van der Waals surface area contributed by atoms with Crippen LogP contribution in [0.25, 0.3) is 0 Å². The quantitative estimate of drug-likeness (QED) is 0.794. The number of aryl methyl sites for hydroxylation is 2. The predicted octanol–water partition coefficient (Wildman–Crippen LogP) is 2.45. The molecule has 0 bridgehead atoms. The van der Waals surface area contributed by atoms with E-state index in [4.69, 9.17) is 4.74 Å². The Morgan fingerprint density at radius 3 is 2.94 bits per heavy atom. The summed E-state index contributed by atoms with van der Waals surface area (Å²) in [6.45, 7) is 2.16. The first kappa shape index (κ1) is 10.7. The SMILES string of the molecule is Cc1ccc(F)c(OCc2nccn2C)c1. The monoisotopic (exact) mass is 220 g/mol. The van der Waals surface area contributed by atoms with Gasteiger partial charge in [-0.05, 0) is 24.6 Å². The number of imidazole rings is 1. The van der Waals surface area contributed by atoms with E-state index in [2.05, 4.69) is 4.98 Å². The van der Waals surface area contributed by atoms with Crippen LogP contribution in [0.15, 0.2) is 30.6 Å². The zero-order valence-corrected chi connectivity index (χ0v) is 9.27. The third-order valence-electron chi connectivity index (χ3n) is 2.36. The molecule has 0 atom stereocenters. The molecular weight excluding hydrogens is 207 g/mol. The van der Waals surface area contributed by atoms with Crippen LogP contribution in [-0.2, 0) is 13.7 Å². The summed E-state index contributed by atoms with van der Waals surface area (Å²) in [7, 11) is 1.87. The van der Waals surface area contributed by atoms with Crippen molar-refractivity contribution in [2.45, 2.75) is 13.5 Å². The lowest BCUT2D eigenvalue weighted by Gasteiger charge is -2.07. The van der Waals surface area contributed by atoms with Gasteiger partial charge < -0.3 is 9.30 Å². The second kappa shape index (κ2) is 4.35. The van der Waals surface area contributed by atoms with Crippen LogP contribution in [-0.4, -0.2) is 9.55 Å². The molecule has 0 saturated heterocycles. The van der Waals surface area contributed by atoms with Gasteiger partial charge in [-0.25, -0.2) is 9.37 Å². The molecule has 1 aromatic carbocycles. The van der Waals surface area contributed by atoms with E-state index in [0.29, 0.717) is 0 Å². The first-order chi connectivity index (χ1) is 7.66. The average molecular weight is 220 g/mol. The number of aromatic nitrogens is 2. The van der Waals surface area contributed by atoms with Crippen molar-refractivity contribution < 1.29 is 9.13 Å². The zero-order chi connectivity index (χ0) is 11.5. The summed E-state index contributed by atoms with van der Waals surface area (Å²) < 4.78 is 20.6. The Morgan fingerprint density at radius 1 is 1.44 bits per heavy atom. The minimum absolute atomic E-state index is 0.267. The molecule has 0 aliphatic rings. The molecular formula is C12H13FN2O. The van der Waals surface area contributed by atoms with E-state index in [1.807, 2.05) is 24.7 Å². The van der Waals surface area contributed by atoms with Crippen LogP contribution < -0.4 is 4.74 Å². The standard InChI is InChI=1S/C12H13FN2O/c1-9-3-4-10(13)11(7-9)16-8-12-14-5-6-15(12)2/h3-7H,8H2,1-2H3. The summed E-state index contributed by atoms with van der Waals surface area (Å²) in [6.07, 6.45) is 3.51. The molecule has 0 aliphatic heterocycles. The molecule has 0 unspecified atom stereocenters. The smallest absolute Gasteiger partial charge is 0.165 e. The van der Waals surface area contributed by atoms with Crippen molar-refractivity contribution in [2.24, 2.45) is 7.05 Å². The van der Waals surface area contributed by atoms with Crippen LogP contribution in [0.1, 0.15) is 11.4 Å². The van der Waals surface area contributed by atoms with Crippen LogP contribution in [0.2, 0.25) is 0 Å². The van der Waals surface area contributed by atoms with Gasteiger partial charge in [-0.15, -0.1) is 0 Å². The van der Waals surface area contributed by atoms with Crippen LogP contribution in [0.4, 0.5) is 4.39 Å². The number of hydrogen-bond acceptors (Lipinski definition) is 2. The van der Waals surface area contributed by atoms with Crippen molar-refractivity contribution in [2.75, 3.05) is 0 Å². The van der Waals surface area contributed by atoms with Gasteiger partial charge in [-0.3, -0.25) is 0 Å². The maximum atomic E-state index is 13.3. The minimum Gasteiger partial charge on any atom is -0.483 e. The molecule has 0 saturated carbocycles. The van der Waals surface area contributed by atoms with Crippen molar-refractivity contribution in [3.05, 3.63) is 47.8 Å². The molecule has 0 fully saturated rings. The topological polar surface area (TPSA) is 27.1 Å². The number of hydrogen-bond donors (Lipinski definition) is 0. The molecule has 0 N–H and O–H groups in total. The second-order valence-electron chi connectivity index (χ2n) is 3.68. The molecule has 3 nitrogen and oxygen atoms in total. The summed E-state index contributed by atoms with van der Waals surface area (Å²) in [5, 5.41) is 0. The zero-order valence-electron chi connectivity index (χ0n) is 9.27. The van der Waals surface area contributed by atoms with Crippen LogP contribution in [0.5, 0.6) is 5.75 Å². The van der Waals surface area contributed by atoms with E-state index < -0.39 is 0 Å². The van der Waals surface area contributed by atoms with Crippen LogP contribution in [0, 0.1) is 12.7 Å². The van der Waals surface area contributed by atoms with Gasteiger partial charge >= 0.3 is 0 Å². The van der Waals surface area contributed by atoms with Crippen LogP contribution >= 0.6 is 0 Å². The molecule has 0 aliphatic carbocycles. The lowest BCUT2D eigenvalue weighted by atomic mass is 10.2. The van der Waals surface area contributed by atoms with E-state index in [1.54, 1.807) is 18.3 Å². The highest BCUT2D eigenvalue weighted by Crippen LogP contribution is 2.19. The van der Waals surface area contributed by atoms with Gasteiger partial charge in [0.15, 0.2) is 11.6 Å². The van der Waals surface area contributed by atoms with Gasteiger partial charge in [0.2, 0.25) is 0 Å². The molecule has 0 spiro atoms. The number of halogens is 1. The summed E-state index contributed by atoms with van der Waals surface area (Å²) >= 11 is 0. The van der Waals surface area contributed by atoms with E-state index in [0.717, 1.165) is 11.4 Å². The highest BCUT2D eigenvalue weighted by molar-refractivity contribution is 5.29. The molecule has 2 rings (SSSR count). The molecule has 0 amide bonds. The Morgan fingerprint density at radius 2 is 2.25 bits per heavy atom.